The summed E-state index contributed by atoms with van der Waals surface area (Å²) in [4.78, 5) is 19.5. The van der Waals surface area contributed by atoms with Crippen LogP contribution in [-0.4, -0.2) is 39.3 Å². The molecule has 8 nitrogen and oxygen atoms in total. The second-order valence-electron chi connectivity index (χ2n) is 6.98. The fraction of sp³-hybridized carbons (Fsp3) is 0.318. The maximum atomic E-state index is 10.7. The third-order valence-corrected chi connectivity index (χ3v) is 4.77. The Morgan fingerprint density at radius 2 is 2.13 bits per heavy atom. The van der Waals surface area contributed by atoms with Crippen LogP contribution in [0.5, 0.6) is 5.75 Å². The summed E-state index contributed by atoms with van der Waals surface area (Å²) in [6.45, 7) is 3.53. The first-order valence-electron chi connectivity index (χ1n) is 9.96. The lowest BCUT2D eigenvalue weighted by atomic mass is 10.1. The number of nitrogens with zero attached hydrogens (tertiary/aromatic N) is 3. The number of ether oxygens (including phenoxy) is 1. The number of carbonyl (C=O) groups is 1. The van der Waals surface area contributed by atoms with Crippen molar-refractivity contribution in [1.29, 1.82) is 0 Å². The number of rotatable bonds is 10. The van der Waals surface area contributed by atoms with Gasteiger partial charge in [0, 0.05) is 24.4 Å². The molecule has 0 spiro atoms. The summed E-state index contributed by atoms with van der Waals surface area (Å²) < 4.78 is 7.59. The molecule has 2 heterocycles. The molecule has 2 aromatic heterocycles. The molecule has 158 valence electrons. The lowest BCUT2D eigenvalue weighted by Crippen LogP contribution is -2.09. The van der Waals surface area contributed by atoms with Crippen LogP contribution in [0.1, 0.15) is 37.3 Å². The van der Waals surface area contributed by atoms with Crippen LogP contribution in [0.25, 0.3) is 17.1 Å². The lowest BCUT2D eigenvalue weighted by molar-refractivity contribution is -0.131. The maximum Gasteiger partial charge on any atom is 0.328 e. The number of hydrogen-bond donors (Lipinski definition) is 3. The van der Waals surface area contributed by atoms with Gasteiger partial charge >= 0.3 is 5.97 Å². The average molecular weight is 409 g/mol. The zero-order valence-electron chi connectivity index (χ0n) is 17.3. The van der Waals surface area contributed by atoms with Crippen molar-refractivity contribution in [2.24, 2.45) is 0 Å². The first-order chi connectivity index (χ1) is 14.5. The predicted octanol–water partition coefficient (Wildman–Crippen LogP) is 3.77. The molecule has 0 aliphatic carbocycles. The highest BCUT2D eigenvalue weighted by molar-refractivity contribution is 5.88. The number of hydrogen-bond acceptors (Lipinski definition) is 6. The molecule has 0 bridgehead atoms. The topological polar surface area (TPSA) is 115 Å². The summed E-state index contributed by atoms with van der Waals surface area (Å²) in [5.41, 5.74) is 9.26. The minimum Gasteiger partial charge on any atom is -0.496 e. The first-order valence-corrected chi connectivity index (χ1v) is 9.96. The standard InChI is InChI=1S/C22H27N5O3/c1-3-4-5-11-24-21-20-17(25-22(23)26-21)10-12-27(20)14-16-8-6-15(7-9-19(28)29)13-18(16)30-2/h6-10,12-13H,3-5,11,14H2,1-2H3,(H,28,29)(H3,23,24,25,26). The second kappa shape index (κ2) is 9.78. The Morgan fingerprint density at radius 1 is 1.30 bits per heavy atom. The van der Waals surface area contributed by atoms with Crippen LogP contribution in [0.3, 0.4) is 0 Å². The Labute approximate surface area is 175 Å². The van der Waals surface area contributed by atoms with Crippen molar-refractivity contribution in [2.45, 2.75) is 32.7 Å². The summed E-state index contributed by atoms with van der Waals surface area (Å²) in [5.74, 6) is 0.650. The van der Waals surface area contributed by atoms with Crippen molar-refractivity contribution in [2.75, 3.05) is 24.7 Å². The number of anilines is 2. The summed E-state index contributed by atoms with van der Waals surface area (Å²) in [7, 11) is 1.60. The van der Waals surface area contributed by atoms with Gasteiger partial charge in [-0.3, -0.25) is 0 Å². The Morgan fingerprint density at radius 3 is 2.87 bits per heavy atom. The second-order valence-corrected chi connectivity index (χ2v) is 6.98. The largest absolute Gasteiger partial charge is 0.496 e. The van der Waals surface area contributed by atoms with Gasteiger partial charge in [0.2, 0.25) is 5.95 Å². The van der Waals surface area contributed by atoms with Gasteiger partial charge in [-0.2, -0.15) is 4.98 Å². The summed E-state index contributed by atoms with van der Waals surface area (Å²) in [6, 6.07) is 7.53. The summed E-state index contributed by atoms with van der Waals surface area (Å²) in [6.07, 6.45) is 7.95. The molecular weight excluding hydrogens is 382 g/mol. The van der Waals surface area contributed by atoms with Crippen molar-refractivity contribution in [3.05, 3.63) is 47.7 Å². The SMILES string of the molecule is CCCCCNc1nc(N)nc2ccn(Cc3ccc(C=CC(=O)O)cc3OC)c12. The summed E-state index contributed by atoms with van der Waals surface area (Å²) >= 11 is 0. The number of carboxylic acids is 1. The monoisotopic (exact) mass is 409 g/mol. The molecule has 8 heteroatoms. The van der Waals surface area contributed by atoms with E-state index in [-0.39, 0.29) is 5.95 Å². The van der Waals surface area contributed by atoms with Crippen molar-refractivity contribution in [3.63, 3.8) is 0 Å². The summed E-state index contributed by atoms with van der Waals surface area (Å²) in [5, 5.41) is 12.2. The van der Waals surface area contributed by atoms with Gasteiger partial charge in [0.1, 0.15) is 11.3 Å². The van der Waals surface area contributed by atoms with Crippen LogP contribution in [0, 0.1) is 0 Å². The molecule has 0 saturated heterocycles. The fourth-order valence-electron chi connectivity index (χ4n) is 3.31. The van der Waals surface area contributed by atoms with Crippen LogP contribution in [0.2, 0.25) is 0 Å². The zero-order chi connectivity index (χ0) is 21.5. The van der Waals surface area contributed by atoms with Gasteiger partial charge in [0.25, 0.3) is 0 Å². The normalized spacial score (nSPS) is 11.3. The van der Waals surface area contributed by atoms with Gasteiger partial charge in [0.15, 0.2) is 5.82 Å². The van der Waals surface area contributed by atoms with Crippen LogP contribution < -0.4 is 15.8 Å². The first kappa shape index (κ1) is 21.2. The maximum absolute atomic E-state index is 10.7. The Balaban J connectivity index is 1.91. The highest BCUT2D eigenvalue weighted by Gasteiger charge is 2.13. The van der Waals surface area contributed by atoms with E-state index in [0.29, 0.717) is 12.3 Å². The number of aromatic nitrogens is 3. The van der Waals surface area contributed by atoms with E-state index in [1.165, 1.54) is 6.08 Å². The number of unbranched alkanes of at least 4 members (excludes halogenated alkanes) is 2. The van der Waals surface area contributed by atoms with Crippen molar-refractivity contribution >= 4 is 34.8 Å². The molecule has 0 unspecified atom stereocenters. The van der Waals surface area contributed by atoms with Crippen LogP contribution in [0.4, 0.5) is 11.8 Å². The molecule has 4 N–H and O–H groups in total. The lowest BCUT2D eigenvalue weighted by Gasteiger charge is -2.14. The molecule has 0 aliphatic heterocycles. The molecule has 0 atom stereocenters. The molecular formula is C22H27N5O3. The number of methoxy groups -OCH3 is 1. The van der Waals surface area contributed by atoms with Crippen molar-refractivity contribution in [3.8, 4) is 5.75 Å². The van der Waals surface area contributed by atoms with Crippen LogP contribution >= 0.6 is 0 Å². The highest BCUT2D eigenvalue weighted by atomic mass is 16.5. The van der Waals surface area contributed by atoms with Gasteiger partial charge < -0.3 is 25.5 Å². The van der Waals surface area contributed by atoms with Gasteiger partial charge in [-0.25, -0.2) is 9.78 Å². The van der Waals surface area contributed by atoms with E-state index in [0.717, 1.165) is 59.9 Å². The number of benzene rings is 1. The molecule has 3 rings (SSSR count). The molecule has 30 heavy (non-hydrogen) atoms. The molecule has 0 fully saturated rings. The van der Waals surface area contributed by atoms with Gasteiger partial charge in [-0.05, 0) is 30.2 Å². The Hall–Kier alpha value is -3.55. The van der Waals surface area contributed by atoms with Gasteiger partial charge in [-0.1, -0.05) is 31.9 Å². The Kier molecular flexibility index (Phi) is 6.90. The minimum absolute atomic E-state index is 0.241. The number of nitrogens with two attached hydrogens (primary N) is 1. The molecule has 1 aromatic carbocycles. The number of carboxylic acid groups (broad SMARTS) is 1. The van der Waals surface area contributed by atoms with Gasteiger partial charge in [0.05, 0.1) is 19.2 Å². The van der Waals surface area contributed by atoms with Crippen molar-refractivity contribution in [1.82, 2.24) is 14.5 Å². The molecule has 0 radical (unpaired) electrons. The highest BCUT2D eigenvalue weighted by Crippen LogP contribution is 2.27. The molecule has 3 aromatic rings. The van der Waals surface area contributed by atoms with E-state index in [4.69, 9.17) is 15.6 Å². The quantitative estimate of drug-likeness (QED) is 0.345. The number of fused-ring (bicyclic) bond motifs is 1. The number of nitrogen functional groups attached to an aromatic ring is 1. The number of nitrogens with one attached hydrogen (secondary N) is 1. The van der Waals surface area contributed by atoms with E-state index >= 15 is 0 Å². The predicted molar refractivity (Wildman–Crippen MR) is 119 cm³/mol. The molecule has 0 saturated carbocycles. The number of aliphatic carboxylic acids is 1. The molecule has 0 aliphatic rings. The average Bonchev–Trinajstić information content (AvgIpc) is 3.12. The Bertz CT molecular complexity index is 1060. The fourth-order valence-corrected chi connectivity index (χ4v) is 3.31. The smallest absolute Gasteiger partial charge is 0.328 e. The van der Waals surface area contributed by atoms with E-state index in [2.05, 4.69) is 26.8 Å². The third kappa shape index (κ3) is 5.08. The van der Waals surface area contributed by atoms with E-state index in [9.17, 15) is 4.79 Å². The third-order valence-electron chi connectivity index (χ3n) is 4.77. The van der Waals surface area contributed by atoms with Crippen molar-refractivity contribution < 1.29 is 14.6 Å². The van der Waals surface area contributed by atoms with E-state index in [1.807, 2.05) is 30.5 Å². The van der Waals surface area contributed by atoms with Crippen LogP contribution in [-0.2, 0) is 11.3 Å². The minimum atomic E-state index is -0.991. The van der Waals surface area contributed by atoms with Crippen LogP contribution in [0.15, 0.2) is 36.5 Å². The van der Waals surface area contributed by atoms with E-state index < -0.39 is 5.97 Å². The van der Waals surface area contributed by atoms with Gasteiger partial charge in [-0.15, -0.1) is 0 Å². The molecule has 0 amide bonds. The van der Waals surface area contributed by atoms with E-state index in [1.54, 1.807) is 7.11 Å². The zero-order valence-corrected chi connectivity index (χ0v) is 17.3.